The van der Waals surface area contributed by atoms with Crippen molar-refractivity contribution in [3.63, 3.8) is 0 Å². The van der Waals surface area contributed by atoms with Crippen LogP contribution in [0.15, 0.2) is 35.3 Å². The summed E-state index contributed by atoms with van der Waals surface area (Å²) in [5.74, 6) is 1.49. The zero-order valence-corrected chi connectivity index (χ0v) is 19.1. The van der Waals surface area contributed by atoms with E-state index in [4.69, 9.17) is 9.73 Å². The van der Waals surface area contributed by atoms with Crippen LogP contribution in [0.1, 0.15) is 39.4 Å². The summed E-state index contributed by atoms with van der Waals surface area (Å²) in [7, 11) is 1.74. The van der Waals surface area contributed by atoms with E-state index in [2.05, 4.69) is 55.4 Å². The van der Waals surface area contributed by atoms with Gasteiger partial charge >= 0.3 is 0 Å². The quantitative estimate of drug-likeness (QED) is 0.362. The number of hydrogen-bond donors (Lipinski definition) is 2. The van der Waals surface area contributed by atoms with Gasteiger partial charge < -0.3 is 15.4 Å². The lowest BCUT2D eigenvalue weighted by Crippen LogP contribution is -2.47. The average Bonchev–Trinajstić information content (AvgIpc) is 2.97. The van der Waals surface area contributed by atoms with E-state index in [0.29, 0.717) is 24.5 Å². The van der Waals surface area contributed by atoms with Crippen molar-refractivity contribution in [2.75, 3.05) is 33.3 Å². The molecular weight excluding hydrogens is 439 g/mol. The fraction of sp³-hybridized carbons (Fsp3) is 0.650. The minimum absolute atomic E-state index is 0. The number of aliphatic imine (C=N–C) groups is 1. The van der Waals surface area contributed by atoms with E-state index in [1.807, 2.05) is 18.2 Å². The number of nitrogens with one attached hydrogen (secondary N) is 2. The molecule has 1 heterocycles. The maximum Gasteiger partial charge on any atom is 0.191 e. The number of halogens is 1. The molecule has 148 valence electrons. The second-order valence-corrected chi connectivity index (χ2v) is 7.13. The summed E-state index contributed by atoms with van der Waals surface area (Å²) in [6, 6.07) is 11.3. The first-order chi connectivity index (χ1) is 12.0. The van der Waals surface area contributed by atoms with Crippen LogP contribution in [0.3, 0.4) is 0 Å². The Hall–Kier alpha value is -0.860. The van der Waals surface area contributed by atoms with Gasteiger partial charge in [-0.1, -0.05) is 37.3 Å². The van der Waals surface area contributed by atoms with Crippen LogP contribution in [0.5, 0.6) is 0 Å². The van der Waals surface area contributed by atoms with Gasteiger partial charge in [-0.05, 0) is 32.3 Å². The summed E-state index contributed by atoms with van der Waals surface area (Å²) in [6.07, 6.45) is -0.0233. The fourth-order valence-corrected chi connectivity index (χ4v) is 3.27. The molecule has 1 aliphatic heterocycles. The molecule has 1 aromatic carbocycles. The van der Waals surface area contributed by atoms with Gasteiger partial charge in [0, 0.05) is 38.8 Å². The van der Waals surface area contributed by atoms with Gasteiger partial charge in [0.15, 0.2) is 5.96 Å². The number of ether oxygens (including phenoxy) is 1. The molecule has 0 aromatic heterocycles. The van der Waals surface area contributed by atoms with Crippen LogP contribution in [-0.4, -0.2) is 56.2 Å². The highest BCUT2D eigenvalue weighted by atomic mass is 127. The molecule has 0 amide bonds. The average molecular weight is 474 g/mol. The standard InChI is InChI=1S/C20H34N4O.HI/c1-6-21-20(23-18-14-24(15(2)3)13-16(18)4)22-12-19(25-5)17-10-8-7-9-11-17;/h7-11,15-16,18-19H,6,12-14H2,1-5H3,(H2,21,22,23);1H. The van der Waals surface area contributed by atoms with Gasteiger partial charge in [-0.25, -0.2) is 0 Å². The third-order valence-corrected chi connectivity index (χ3v) is 4.91. The molecule has 2 rings (SSSR count). The Bertz CT molecular complexity index is 538. The Kier molecular flexibility index (Phi) is 10.5. The van der Waals surface area contributed by atoms with E-state index < -0.39 is 0 Å². The number of guanidine groups is 1. The molecule has 3 unspecified atom stereocenters. The smallest absolute Gasteiger partial charge is 0.191 e. The fourth-order valence-electron chi connectivity index (χ4n) is 3.27. The Labute approximate surface area is 176 Å². The van der Waals surface area contributed by atoms with Crippen molar-refractivity contribution < 1.29 is 4.74 Å². The molecule has 6 heteroatoms. The van der Waals surface area contributed by atoms with Crippen molar-refractivity contribution in [3.05, 3.63) is 35.9 Å². The number of likely N-dealkylation sites (tertiary alicyclic amines) is 1. The molecule has 1 fully saturated rings. The van der Waals surface area contributed by atoms with E-state index in [9.17, 15) is 0 Å². The maximum absolute atomic E-state index is 5.63. The minimum Gasteiger partial charge on any atom is -0.375 e. The highest BCUT2D eigenvalue weighted by Gasteiger charge is 2.31. The van der Waals surface area contributed by atoms with E-state index in [1.165, 1.54) is 0 Å². The molecule has 5 nitrogen and oxygen atoms in total. The SMILES string of the molecule is CCNC(=NCC(OC)c1ccccc1)NC1CN(C(C)C)CC1C.I. The molecule has 0 spiro atoms. The van der Waals surface area contributed by atoms with Gasteiger partial charge in [0.1, 0.15) is 6.10 Å². The zero-order chi connectivity index (χ0) is 18.2. The number of hydrogen-bond acceptors (Lipinski definition) is 3. The molecule has 0 saturated carbocycles. The molecule has 1 aliphatic rings. The molecule has 1 saturated heterocycles. The molecule has 3 atom stereocenters. The van der Waals surface area contributed by atoms with E-state index in [-0.39, 0.29) is 30.1 Å². The lowest BCUT2D eigenvalue weighted by atomic mass is 10.1. The number of methoxy groups -OCH3 is 1. The van der Waals surface area contributed by atoms with Crippen LogP contribution in [-0.2, 0) is 4.74 Å². The summed E-state index contributed by atoms with van der Waals surface area (Å²) < 4.78 is 5.63. The zero-order valence-electron chi connectivity index (χ0n) is 16.7. The van der Waals surface area contributed by atoms with Crippen molar-refractivity contribution in [2.24, 2.45) is 10.9 Å². The molecule has 0 aliphatic carbocycles. The summed E-state index contributed by atoms with van der Waals surface area (Å²) in [5, 5.41) is 6.99. The second kappa shape index (κ2) is 11.8. The van der Waals surface area contributed by atoms with Gasteiger partial charge in [0.25, 0.3) is 0 Å². The van der Waals surface area contributed by atoms with Crippen LogP contribution in [0.25, 0.3) is 0 Å². The molecule has 2 N–H and O–H groups in total. The minimum atomic E-state index is -0.0233. The van der Waals surface area contributed by atoms with Crippen LogP contribution < -0.4 is 10.6 Å². The van der Waals surface area contributed by atoms with Gasteiger partial charge in [-0.15, -0.1) is 24.0 Å². The molecular formula is C20H35IN4O. The summed E-state index contributed by atoms with van der Waals surface area (Å²) in [4.78, 5) is 7.30. The highest BCUT2D eigenvalue weighted by Crippen LogP contribution is 2.19. The van der Waals surface area contributed by atoms with Crippen LogP contribution in [0.2, 0.25) is 0 Å². The molecule has 26 heavy (non-hydrogen) atoms. The highest BCUT2D eigenvalue weighted by molar-refractivity contribution is 14.0. The molecule has 0 radical (unpaired) electrons. The van der Waals surface area contributed by atoms with Crippen molar-refractivity contribution in [1.82, 2.24) is 15.5 Å². The van der Waals surface area contributed by atoms with Gasteiger partial charge in [-0.2, -0.15) is 0 Å². The number of rotatable bonds is 7. The summed E-state index contributed by atoms with van der Waals surface area (Å²) in [6.45, 7) is 12.6. The van der Waals surface area contributed by atoms with Crippen LogP contribution in [0, 0.1) is 5.92 Å². The predicted molar refractivity (Wildman–Crippen MR) is 120 cm³/mol. The van der Waals surface area contributed by atoms with Gasteiger partial charge in [0.2, 0.25) is 0 Å². The third-order valence-electron chi connectivity index (χ3n) is 4.91. The first-order valence-electron chi connectivity index (χ1n) is 9.41. The van der Waals surface area contributed by atoms with E-state index >= 15 is 0 Å². The second-order valence-electron chi connectivity index (χ2n) is 7.13. The van der Waals surface area contributed by atoms with E-state index in [1.54, 1.807) is 7.11 Å². The van der Waals surface area contributed by atoms with E-state index in [0.717, 1.165) is 31.2 Å². The van der Waals surface area contributed by atoms with Crippen molar-refractivity contribution in [1.29, 1.82) is 0 Å². The van der Waals surface area contributed by atoms with Crippen molar-refractivity contribution in [2.45, 2.75) is 45.9 Å². The third kappa shape index (κ3) is 6.70. The van der Waals surface area contributed by atoms with Crippen LogP contribution in [0.4, 0.5) is 0 Å². The first-order valence-corrected chi connectivity index (χ1v) is 9.41. The van der Waals surface area contributed by atoms with Crippen molar-refractivity contribution in [3.8, 4) is 0 Å². The monoisotopic (exact) mass is 474 g/mol. The Morgan fingerprint density at radius 1 is 1.27 bits per heavy atom. The summed E-state index contributed by atoms with van der Waals surface area (Å²) in [5.41, 5.74) is 1.16. The normalized spacial score (nSPS) is 22.2. The Morgan fingerprint density at radius 2 is 1.96 bits per heavy atom. The van der Waals surface area contributed by atoms with Gasteiger partial charge in [-0.3, -0.25) is 9.89 Å². The largest absolute Gasteiger partial charge is 0.375 e. The molecule has 1 aromatic rings. The summed E-state index contributed by atoms with van der Waals surface area (Å²) >= 11 is 0. The number of benzene rings is 1. The maximum atomic E-state index is 5.63. The molecule has 0 bridgehead atoms. The lowest BCUT2D eigenvalue weighted by Gasteiger charge is -2.22. The Balaban J connectivity index is 0.00000338. The predicted octanol–water partition coefficient (Wildman–Crippen LogP) is 3.28. The van der Waals surface area contributed by atoms with Crippen molar-refractivity contribution >= 4 is 29.9 Å². The lowest BCUT2D eigenvalue weighted by molar-refractivity contribution is 0.111. The van der Waals surface area contributed by atoms with Gasteiger partial charge in [0.05, 0.1) is 6.54 Å². The Morgan fingerprint density at radius 3 is 2.50 bits per heavy atom. The van der Waals surface area contributed by atoms with Crippen LogP contribution >= 0.6 is 24.0 Å². The topological polar surface area (TPSA) is 48.9 Å². The number of nitrogens with zero attached hydrogens (tertiary/aromatic N) is 2. The first kappa shape index (κ1) is 23.2.